The maximum absolute atomic E-state index is 6.42. The fourth-order valence-corrected chi connectivity index (χ4v) is 3.53. The van der Waals surface area contributed by atoms with Crippen molar-refractivity contribution < 1.29 is 0 Å². The Labute approximate surface area is 82.1 Å². The van der Waals surface area contributed by atoms with Crippen molar-refractivity contribution in [2.24, 2.45) is 16.6 Å². The summed E-state index contributed by atoms with van der Waals surface area (Å²) < 4.78 is 0. The van der Waals surface area contributed by atoms with Gasteiger partial charge < -0.3 is 5.73 Å². The van der Waals surface area contributed by atoms with E-state index in [1.807, 2.05) is 0 Å². The molecule has 0 aromatic carbocycles. The van der Waals surface area contributed by atoms with Crippen LogP contribution in [0, 0.1) is 10.8 Å². The molecule has 76 valence electrons. The summed E-state index contributed by atoms with van der Waals surface area (Å²) in [5.41, 5.74) is 7.37. The Morgan fingerprint density at radius 1 is 0.923 bits per heavy atom. The third-order valence-corrected chi connectivity index (χ3v) is 4.62. The summed E-state index contributed by atoms with van der Waals surface area (Å²) >= 11 is 0. The van der Waals surface area contributed by atoms with E-state index < -0.39 is 0 Å². The Kier molecular flexibility index (Phi) is 2.18. The van der Waals surface area contributed by atoms with Gasteiger partial charge in [0.2, 0.25) is 0 Å². The lowest BCUT2D eigenvalue weighted by Crippen LogP contribution is -2.45. The quantitative estimate of drug-likeness (QED) is 0.610. The second-order valence-electron chi connectivity index (χ2n) is 5.89. The summed E-state index contributed by atoms with van der Waals surface area (Å²) in [6, 6.07) is 0.459. The molecule has 2 aliphatic rings. The van der Waals surface area contributed by atoms with E-state index in [1.165, 1.54) is 44.9 Å². The van der Waals surface area contributed by atoms with Crippen LogP contribution >= 0.6 is 0 Å². The van der Waals surface area contributed by atoms with E-state index in [0.29, 0.717) is 16.9 Å². The highest BCUT2D eigenvalue weighted by Crippen LogP contribution is 2.55. The standard InChI is InChI=1S/C12H23N/c1-11(2)8-9-12(10(11)13)6-4-3-5-7-12/h10H,3-9,13H2,1-2H3/t10-/m1/s1. The summed E-state index contributed by atoms with van der Waals surface area (Å²) in [5, 5.41) is 0. The van der Waals surface area contributed by atoms with E-state index in [-0.39, 0.29) is 0 Å². The smallest absolute Gasteiger partial charge is 0.0147 e. The average molecular weight is 181 g/mol. The zero-order chi connectivity index (χ0) is 9.53. The van der Waals surface area contributed by atoms with Crippen LogP contribution in [0.5, 0.6) is 0 Å². The topological polar surface area (TPSA) is 26.0 Å². The van der Waals surface area contributed by atoms with Crippen molar-refractivity contribution in [2.75, 3.05) is 0 Å². The van der Waals surface area contributed by atoms with Gasteiger partial charge in [0.25, 0.3) is 0 Å². The molecule has 0 aromatic rings. The van der Waals surface area contributed by atoms with Gasteiger partial charge in [-0.1, -0.05) is 33.1 Å². The van der Waals surface area contributed by atoms with Crippen molar-refractivity contribution >= 4 is 0 Å². The van der Waals surface area contributed by atoms with E-state index in [4.69, 9.17) is 5.73 Å². The summed E-state index contributed by atoms with van der Waals surface area (Å²) in [6.07, 6.45) is 9.81. The highest BCUT2D eigenvalue weighted by atomic mass is 14.8. The van der Waals surface area contributed by atoms with Gasteiger partial charge in [0.15, 0.2) is 0 Å². The minimum Gasteiger partial charge on any atom is -0.327 e. The molecule has 2 fully saturated rings. The lowest BCUT2D eigenvalue weighted by molar-refractivity contribution is 0.139. The van der Waals surface area contributed by atoms with Gasteiger partial charge in [0.05, 0.1) is 0 Å². The van der Waals surface area contributed by atoms with E-state index in [2.05, 4.69) is 13.8 Å². The van der Waals surface area contributed by atoms with Crippen LogP contribution in [0.4, 0.5) is 0 Å². The van der Waals surface area contributed by atoms with Crippen molar-refractivity contribution in [1.29, 1.82) is 0 Å². The van der Waals surface area contributed by atoms with Crippen LogP contribution in [0.3, 0.4) is 0 Å². The highest BCUT2D eigenvalue weighted by molar-refractivity contribution is 5.04. The zero-order valence-corrected chi connectivity index (χ0v) is 9.10. The number of hydrogen-bond donors (Lipinski definition) is 1. The second kappa shape index (κ2) is 2.98. The van der Waals surface area contributed by atoms with Gasteiger partial charge in [-0.3, -0.25) is 0 Å². The number of hydrogen-bond acceptors (Lipinski definition) is 1. The molecule has 1 atom stereocenters. The molecule has 0 aliphatic heterocycles. The monoisotopic (exact) mass is 181 g/mol. The van der Waals surface area contributed by atoms with E-state index in [0.717, 1.165) is 0 Å². The molecule has 2 N–H and O–H groups in total. The Morgan fingerprint density at radius 2 is 1.54 bits per heavy atom. The molecule has 0 unspecified atom stereocenters. The van der Waals surface area contributed by atoms with Crippen molar-refractivity contribution in [3.8, 4) is 0 Å². The van der Waals surface area contributed by atoms with Gasteiger partial charge in [-0.05, 0) is 36.5 Å². The largest absolute Gasteiger partial charge is 0.327 e. The highest BCUT2D eigenvalue weighted by Gasteiger charge is 2.50. The minimum absolute atomic E-state index is 0.400. The molecule has 0 radical (unpaired) electrons. The minimum atomic E-state index is 0.400. The van der Waals surface area contributed by atoms with Crippen LogP contribution in [0.25, 0.3) is 0 Å². The fourth-order valence-electron chi connectivity index (χ4n) is 3.53. The van der Waals surface area contributed by atoms with Crippen molar-refractivity contribution in [3.05, 3.63) is 0 Å². The molecule has 1 heteroatoms. The van der Waals surface area contributed by atoms with Crippen LogP contribution in [-0.4, -0.2) is 6.04 Å². The predicted octanol–water partition coefficient (Wildman–Crippen LogP) is 3.08. The van der Waals surface area contributed by atoms with Crippen LogP contribution in [0.15, 0.2) is 0 Å². The van der Waals surface area contributed by atoms with Gasteiger partial charge in [0, 0.05) is 6.04 Å². The predicted molar refractivity (Wildman–Crippen MR) is 56.5 cm³/mol. The Balaban J connectivity index is 2.15. The molecule has 1 nitrogen and oxygen atoms in total. The van der Waals surface area contributed by atoms with Crippen molar-refractivity contribution in [1.82, 2.24) is 0 Å². The van der Waals surface area contributed by atoms with Gasteiger partial charge >= 0.3 is 0 Å². The molecular weight excluding hydrogens is 158 g/mol. The Morgan fingerprint density at radius 3 is 2.00 bits per heavy atom. The van der Waals surface area contributed by atoms with Crippen LogP contribution in [0.2, 0.25) is 0 Å². The molecule has 2 aliphatic carbocycles. The molecule has 1 spiro atoms. The zero-order valence-electron chi connectivity index (χ0n) is 9.10. The molecule has 13 heavy (non-hydrogen) atoms. The van der Waals surface area contributed by atoms with Crippen molar-refractivity contribution in [2.45, 2.75) is 64.8 Å². The first-order valence-electron chi connectivity index (χ1n) is 5.82. The number of nitrogens with two attached hydrogens (primary N) is 1. The first-order valence-corrected chi connectivity index (χ1v) is 5.82. The maximum atomic E-state index is 6.42. The molecular formula is C12H23N. The first kappa shape index (κ1) is 9.51. The van der Waals surface area contributed by atoms with E-state index >= 15 is 0 Å². The van der Waals surface area contributed by atoms with Gasteiger partial charge in [-0.15, -0.1) is 0 Å². The van der Waals surface area contributed by atoms with E-state index in [1.54, 1.807) is 0 Å². The summed E-state index contributed by atoms with van der Waals surface area (Å²) in [6.45, 7) is 4.70. The van der Waals surface area contributed by atoms with Crippen LogP contribution in [-0.2, 0) is 0 Å². The van der Waals surface area contributed by atoms with Crippen LogP contribution in [0.1, 0.15) is 58.8 Å². The summed E-state index contributed by atoms with van der Waals surface area (Å²) in [7, 11) is 0. The van der Waals surface area contributed by atoms with Gasteiger partial charge in [-0.25, -0.2) is 0 Å². The molecule has 0 heterocycles. The molecule has 0 saturated heterocycles. The third kappa shape index (κ3) is 1.41. The Hall–Kier alpha value is -0.0400. The lowest BCUT2D eigenvalue weighted by Gasteiger charge is -2.40. The maximum Gasteiger partial charge on any atom is 0.0147 e. The summed E-state index contributed by atoms with van der Waals surface area (Å²) in [5.74, 6) is 0. The molecule has 0 aromatic heterocycles. The average Bonchev–Trinajstić information content (AvgIpc) is 2.33. The second-order valence-corrected chi connectivity index (χ2v) is 5.89. The fraction of sp³-hybridized carbons (Fsp3) is 1.00. The molecule has 0 bridgehead atoms. The Bertz CT molecular complexity index is 189. The summed E-state index contributed by atoms with van der Waals surface area (Å²) in [4.78, 5) is 0. The normalized spacial score (nSPS) is 36.7. The van der Waals surface area contributed by atoms with Gasteiger partial charge in [-0.2, -0.15) is 0 Å². The first-order chi connectivity index (χ1) is 6.07. The SMILES string of the molecule is CC1(C)CCC2(CCCCC2)[C@@H]1N. The lowest BCUT2D eigenvalue weighted by atomic mass is 9.68. The molecule has 0 amide bonds. The van der Waals surface area contributed by atoms with E-state index in [9.17, 15) is 0 Å². The van der Waals surface area contributed by atoms with Crippen molar-refractivity contribution in [3.63, 3.8) is 0 Å². The number of rotatable bonds is 0. The third-order valence-electron chi connectivity index (χ3n) is 4.62. The van der Waals surface area contributed by atoms with Gasteiger partial charge in [0.1, 0.15) is 0 Å². The molecule has 2 saturated carbocycles. The molecule has 2 rings (SSSR count). The van der Waals surface area contributed by atoms with Crippen LogP contribution < -0.4 is 5.73 Å².